The van der Waals surface area contributed by atoms with Crippen LogP contribution in [0.15, 0.2) is 45.9 Å². The summed E-state index contributed by atoms with van der Waals surface area (Å²) in [6.45, 7) is 4.81. The molecule has 8 heteroatoms. The highest BCUT2D eigenvalue weighted by Crippen LogP contribution is 2.29. The molecule has 1 amide bonds. The van der Waals surface area contributed by atoms with E-state index in [9.17, 15) is 9.18 Å². The van der Waals surface area contributed by atoms with Crippen LogP contribution in [0.1, 0.15) is 39.0 Å². The van der Waals surface area contributed by atoms with E-state index in [2.05, 4.69) is 55.4 Å². The maximum Gasteiger partial charge on any atom is 0.258 e. The lowest BCUT2D eigenvalue weighted by atomic mass is 9.94. The van der Waals surface area contributed by atoms with Crippen LogP contribution in [0.2, 0.25) is 0 Å². The summed E-state index contributed by atoms with van der Waals surface area (Å²) in [6.07, 6.45) is 7.00. The van der Waals surface area contributed by atoms with Crippen LogP contribution in [-0.4, -0.2) is 56.2 Å². The molecule has 0 unspecified atom stereocenters. The number of allylic oxidation sites excluding steroid dienone is 1. The number of rotatable bonds is 8. The molecule has 0 radical (unpaired) electrons. The van der Waals surface area contributed by atoms with Crippen LogP contribution in [0.25, 0.3) is 6.08 Å². The third kappa shape index (κ3) is 6.31. The Morgan fingerprint density at radius 3 is 2.88 bits per heavy atom. The fourth-order valence-corrected chi connectivity index (χ4v) is 4.99. The molecule has 4 rings (SSSR count). The van der Waals surface area contributed by atoms with Gasteiger partial charge in [-0.25, -0.2) is 4.39 Å². The molecule has 1 heterocycles. The van der Waals surface area contributed by atoms with Crippen molar-refractivity contribution < 1.29 is 13.9 Å². The Hall–Kier alpha value is -2.55. The molecule has 0 aromatic heterocycles. The molecule has 6 nitrogen and oxygen atoms in total. The van der Waals surface area contributed by atoms with E-state index in [1.807, 2.05) is 0 Å². The van der Waals surface area contributed by atoms with Gasteiger partial charge in [0.2, 0.25) is 0 Å². The van der Waals surface area contributed by atoms with Gasteiger partial charge in [0.1, 0.15) is 5.82 Å². The maximum absolute atomic E-state index is 14.8. The van der Waals surface area contributed by atoms with E-state index < -0.39 is 11.7 Å². The molecule has 0 saturated carbocycles. The minimum Gasteiger partial charge on any atom is -0.379 e. The quantitative estimate of drug-likeness (QED) is 0.311. The predicted molar refractivity (Wildman–Crippen MR) is 137 cm³/mol. The number of nitrogens with two attached hydrogens (primary N) is 1. The number of ether oxygens (including phenoxy) is 1. The summed E-state index contributed by atoms with van der Waals surface area (Å²) in [5.41, 5.74) is 10.2. The highest BCUT2D eigenvalue weighted by molar-refractivity contribution is 9.10. The van der Waals surface area contributed by atoms with Gasteiger partial charge in [0, 0.05) is 41.8 Å². The summed E-state index contributed by atoms with van der Waals surface area (Å²) < 4.78 is 21.1. The van der Waals surface area contributed by atoms with Crippen molar-refractivity contribution >= 4 is 33.9 Å². The monoisotopic (exact) mass is 528 g/mol. The molecule has 2 aromatic rings. The Kier molecular flexibility index (Phi) is 8.48. The van der Waals surface area contributed by atoms with Crippen LogP contribution in [0.5, 0.6) is 0 Å². The van der Waals surface area contributed by atoms with Gasteiger partial charge in [-0.05, 0) is 66.6 Å². The number of morpholine rings is 1. The second kappa shape index (κ2) is 11.7. The zero-order valence-corrected chi connectivity index (χ0v) is 20.7. The Labute approximate surface area is 208 Å². The predicted octanol–water partition coefficient (Wildman–Crippen LogP) is 3.71. The van der Waals surface area contributed by atoms with E-state index in [1.165, 1.54) is 17.2 Å². The highest BCUT2D eigenvalue weighted by atomic mass is 79.9. The molecular formula is C26H30BrFN4O2. The lowest BCUT2D eigenvalue weighted by molar-refractivity contribution is 0.0377. The number of aliphatic imine (C=N–C) groups is 1. The molecule has 2 aliphatic rings. The number of nitrogens with zero attached hydrogens (tertiary/aromatic N) is 2. The average Bonchev–Trinajstić information content (AvgIpc) is 3.30. The van der Waals surface area contributed by atoms with Gasteiger partial charge in [0.25, 0.3) is 5.91 Å². The molecule has 1 fully saturated rings. The number of hydrogen-bond donors (Lipinski definition) is 2. The van der Waals surface area contributed by atoms with Gasteiger partial charge < -0.3 is 10.5 Å². The SMILES string of the molecule is NC(=NCCCN1CCOCC1)NC(=O)c1cccc(F)c1CCc1cc(Br)cc2c1CC=C2. The Balaban J connectivity index is 1.37. The minimum atomic E-state index is -0.440. The van der Waals surface area contributed by atoms with E-state index in [1.54, 1.807) is 12.1 Å². The van der Waals surface area contributed by atoms with Crippen LogP contribution in [0, 0.1) is 5.82 Å². The van der Waals surface area contributed by atoms with Crippen molar-refractivity contribution in [3.63, 3.8) is 0 Å². The van der Waals surface area contributed by atoms with Gasteiger partial charge >= 0.3 is 0 Å². The van der Waals surface area contributed by atoms with Crippen LogP contribution < -0.4 is 11.1 Å². The van der Waals surface area contributed by atoms with E-state index in [0.29, 0.717) is 24.9 Å². The van der Waals surface area contributed by atoms with Gasteiger partial charge in [-0.2, -0.15) is 0 Å². The molecule has 34 heavy (non-hydrogen) atoms. The summed E-state index contributed by atoms with van der Waals surface area (Å²) >= 11 is 3.56. The number of benzene rings is 2. The molecule has 3 N–H and O–H groups in total. The number of hydrogen-bond acceptors (Lipinski definition) is 4. The summed E-state index contributed by atoms with van der Waals surface area (Å²) in [5.74, 6) is -0.776. The number of amides is 1. The van der Waals surface area contributed by atoms with Crippen molar-refractivity contribution in [2.75, 3.05) is 39.4 Å². The number of nitrogens with one attached hydrogen (secondary N) is 1. The number of aryl methyl sites for hydroxylation is 1. The van der Waals surface area contributed by atoms with E-state index in [4.69, 9.17) is 10.5 Å². The van der Waals surface area contributed by atoms with Crippen molar-refractivity contribution in [1.82, 2.24) is 10.2 Å². The number of carbonyl (C=O) groups is 1. The minimum absolute atomic E-state index is 0.0538. The first-order valence-corrected chi connectivity index (χ1v) is 12.5. The van der Waals surface area contributed by atoms with Gasteiger partial charge in [-0.1, -0.05) is 34.1 Å². The third-order valence-corrected chi connectivity index (χ3v) is 6.69. The number of carbonyl (C=O) groups excluding carboxylic acids is 1. The van der Waals surface area contributed by atoms with Gasteiger partial charge in [0.05, 0.1) is 13.2 Å². The highest BCUT2D eigenvalue weighted by Gasteiger charge is 2.18. The second-order valence-corrected chi connectivity index (χ2v) is 9.45. The van der Waals surface area contributed by atoms with Crippen LogP contribution in [-0.2, 0) is 24.0 Å². The molecule has 0 bridgehead atoms. The molecule has 1 aliphatic heterocycles. The standard InChI is InChI=1S/C26H30BrFN4O2/c27-20-16-18-4-1-5-21(18)19(17-20)8-9-22-23(6-2-7-24(22)28)25(33)31-26(29)30-10-3-11-32-12-14-34-15-13-32/h1-2,4,6-7,16-17H,3,5,8-15H2,(H3,29,30,31,33). The van der Waals surface area contributed by atoms with Gasteiger partial charge in [-0.15, -0.1) is 0 Å². The first-order chi connectivity index (χ1) is 16.5. The normalized spacial score (nSPS) is 16.0. The van der Waals surface area contributed by atoms with Crippen molar-refractivity contribution in [1.29, 1.82) is 0 Å². The Morgan fingerprint density at radius 1 is 1.24 bits per heavy atom. The molecule has 1 saturated heterocycles. The Bertz CT molecular complexity index is 1100. The molecule has 0 spiro atoms. The summed E-state index contributed by atoms with van der Waals surface area (Å²) in [6, 6.07) is 8.74. The molecule has 0 atom stereocenters. The first kappa shape index (κ1) is 24.6. The van der Waals surface area contributed by atoms with E-state index in [-0.39, 0.29) is 11.5 Å². The molecule has 1 aliphatic carbocycles. The molecule has 2 aromatic carbocycles. The largest absolute Gasteiger partial charge is 0.379 e. The van der Waals surface area contributed by atoms with Crippen molar-refractivity contribution in [3.8, 4) is 0 Å². The Morgan fingerprint density at radius 2 is 2.06 bits per heavy atom. The van der Waals surface area contributed by atoms with Crippen LogP contribution >= 0.6 is 15.9 Å². The number of guanidine groups is 1. The zero-order chi connectivity index (χ0) is 23.9. The second-order valence-electron chi connectivity index (χ2n) is 8.53. The van der Waals surface area contributed by atoms with Gasteiger partial charge in [-0.3, -0.25) is 20.0 Å². The summed E-state index contributed by atoms with van der Waals surface area (Å²) in [4.78, 5) is 19.5. The van der Waals surface area contributed by atoms with Crippen LogP contribution in [0.4, 0.5) is 4.39 Å². The lowest BCUT2D eigenvalue weighted by Crippen LogP contribution is -2.38. The smallest absolute Gasteiger partial charge is 0.258 e. The molecular weight excluding hydrogens is 499 g/mol. The van der Waals surface area contributed by atoms with Crippen LogP contribution in [0.3, 0.4) is 0 Å². The maximum atomic E-state index is 14.8. The summed E-state index contributed by atoms with van der Waals surface area (Å²) in [5, 5.41) is 2.62. The fourth-order valence-electron chi connectivity index (χ4n) is 4.47. The van der Waals surface area contributed by atoms with Crippen molar-refractivity contribution in [3.05, 3.63) is 74.5 Å². The third-order valence-electron chi connectivity index (χ3n) is 6.23. The average molecular weight is 529 g/mol. The first-order valence-electron chi connectivity index (χ1n) is 11.7. The van der Waals surface area contributed by atoms with Crippen molar-refractivity contribution in [2.45, 2.75) is 25.7 Å². The molecule has 180 valence electrons. The number of fused-ring (bicyclic) bond motifs is 1. The zero-order valence-electron chi connectivity index (χ0n) is 19.2. The topological polar surface area (TPSA) is 79.9 Å². The summed E-state index contributed by atoms with van der Waals surface area (Å²) in [7, 11) is 0. The van der Waals surface area contributed by atoms with Crippen molar-refractivity contribution in [2.24, 2.45) is 10.7 Å². The lowest BCUT2D eigenvalue weighted by Gasteiger charge is -2.26. The van der Waals surface area contributed by atoms with Gasteiger partial charge in [0.15, 0.2) is 5.96 Å². The van der Waals surface area contributed by atoms with E-state index in [0.717, 1.165) is 55.7 Å². The fraction of sp³-hybridized carbons (Fsp3) is 0.385. The van der Waals surface area contributed by atoms with E-state index >= 15 is 0 Å². The number of halogens is 2.